The van der Waals surface area contributed by atoms with Gasteiger partial charge in [0, 0.05) is 6.04 Å². The van der Waals surface area contributed by atoms with Crippen LogP contribution in [0.3, 0.4) is 0 Å². The van der Waals surface area contributed by atoms with Gasteiger partial charge in [-0.25, -0.2) is 4.39 Å². The second-order valence-electron chi connectivity index (χ2n) is 4.91. The Balaban J connectivity index is 1.86. The molecule has 0 aliphatic rings. The summed E-state index contributed by atoms with van der Waals surface area (Å²) in [6.07, 6.45) is 3.12. The molecule has 2 rings (SSSR count). The molecule has 0 amide bonds. The molecule has 0 spiro atoms. The van der Waals surface area contributed by atoms with Crippen molar-refractivity contribution in [2.45, 2.75) is 25.8 Å². The predicted molar refractivity (Wildman–Crippen MR) is 81.9 cm³/mol. The van der Waals surface area contributed by atoms with Gasteiger partial charge in [-0.3, -0.25) is 4.98 Å². The fourth-order valence-electron chi connectivity index (χ4n) is 2.23. The van der Waals surface area contributed by atoms with Crippen molar-refractivity contribution in [1.82, 2.24) is 10.3 Å². The first-order valence-corrected chi connectivity index (χ1v) is 7.20. The van der Waals surface area contributed by atoms with E-state index in [1.165, 1.54) is 17.8 Å². The van der Waals surface area contributed by atoms with Crippen molar-refractivity contribution >= 4 is 0 Å². The topological polar surface area (TPSA) is 34.1 Å². The van der Waals surface area contributed by atoms with Crippen LogP contribution in [0.1, 0.15) is 30.6 Å². The largest absolute Gasteiger partial charge is 0.497 e. The molecule has 4 heteroatoms. The summed E-state index contributed by atoms with van der Waals surface area (Å²) in [5.74, 6) is 0.570. The van der Waals surface area contributed by atoms with Gasteiger partial charge in [-0.1, -0.05) is 19.1 Å². The van der Waals surface area contributed by atoms with Crippen molar-refractivity contribution in [1.29, 1.82) is 0 Å². The number of rotatable bonds is 7. The summed E-state index contributed by atoms with van der Waals surface area (Å²) in [5, 5.41) is 3.47. The third-order valence-electron chi connectivity index (χ3n) is 3.48. The number of methoxy groups -OCH3 is 1. The van der Waals surface area contributed by atoms with Gasteiger partial charge in [0.1, 0.15) is 11.6 Å². The number of halogens is 1. The quantitative estimate of drug-likeness (QED) is 0.846. The molecule has 0 fully saturated rings. The molecule has 0 radical (unpaired) electrons. The monoisotopic (exact) mass is 288 g/mol. The Bertz CT molecular complexity index is 540. The normalized spacial score (nSPS) is 12.1. The maximum Gasteiger partial charge on any atom is 0.141 e. The molecule has 1 aromatic carbocycles. The van der Waals surface area contributed by atoms with Crippen LogP contribution in [-0.2, 0) is 6.42 Å². The maximum absolute atomic E-state index is 12.9. The van der Waals surface area contributed by atoms with Gasteiger partial charge in [0.15, 0.2) is 0 Å². The second kappa shape index (κ2) is 7.74. The van der Waals surface area contributed by atoms with Crippen LogP contribution in [0, 0.1) is 5.82 Å². The zero-order valence-electron chi connectivity index (χ0n) is 12.5. The SMILES string of the molecule is CCC(NCCc1ccc(OC)cc1)c1ccc(F)cn1. The molecule has 0 aliphatic heterocycles. The fourth-order valence-corrected chi connectivity index (χ4v) is 2.23. The molecule has 1 aromatic heterocycles. The van der Waals surface area contributed by atoms with Crippen molar-refractivity contribution in [3.05, 3.63) is 59.7 Å². The van der Waals surface area contributed by atoms with Crippen molar-refractivity contribution in [2.75, 3.05) is 13.7 Å². The lowest BCUT2D eigenvalue weighted by molar-refractivity contribution is 0.414. The van der Waals surface area contributed by atoms with Crippen LogP contribution >= 0.6 is 0 Å². The Morgan fingerprint density at radius 2 is 1.95 bits per heavy atom. The third-order valence-corrected chi connectivity index (χ3v) is 3.48. The van der Waals surface area contributed by atoms with E-state index in [1.807, 2.05) is 12.1 Å². The number of benzene rings is 1. The fraction of sp³-hybridized carbons (Fsp3) is 0.353. The number of nitrogens with zero attached hydrogens (tertiary/aromatic N) is 1. The van der Waals surface area contributed by atoms with E-state index >= 15 is 0 Å². The molecule has 1 heterocycles. The molecule has 0 bridgehead atoms. The molecule has 2 aromatic rings. The first kappa shape index (κ1) is 15.4. The van der Waals surface area contributed by atoms with E-state index in [2.05, 4.69) is 29.4 Å². The zero-order chi connectivity index (χ0) is 15.1. The second-order valence-corrected chi connectivity index (χ2v) is 4.91. The summed E-state index contributed by atoms with van der Waals surface area (Å²) >= 11 is 0. The first-order valence-electron chi connectivity index (χ1n) is 7.20. The van der Waals surface area contributed by atoms with Crippen LogP contribution < -0.4 is 10.1 Å². The average Bonchev–Trinajstić information content (AvgIpc) is 2.53. The minimum atomic E-state index is -0.299. The standard InChI is InChI=1S/C17H21FN2O/c1-3-16(17-9-6-14(18)12-20-17)19-11-10-13-4-7-15(21-2)8-5-13/h4-9,12,16,19H,3,10-11H2,1-2H3. The third kappa shape index (κ3) is 4.53. The number of hydrogen-bond donors (Lipinski definition) is 1. The molecule has 3 nitrogen and oxygen atoms in total. The summed E-state index contributed by atoms with van der Waals surface area (Å²) in [7, 11) is 1.66. The number of aromatic nitrogens is 1. The highest BCUT2D eigenvalue weighted by atomic mass is 19.1. The van der Waals surface area contributed by atoms with Crippen LogP contribution in [0.2, 0.25) is 0 Å². The summed E-state index contributed by atoms with van der Waals surface area (Å²) < 4.78 is 18.0. The molecule has 1 unspecified atom stereocenters. The molecular formula is C17H21FN2O. The van der Waals surface area contributed by atoms with Crippen molar-refractivity contribution in [3.63, 3.8) is 0 Å². The summed E-state index contributed by atoms with van der Waals surface area (Å²) in [6.45, 7) is 2.94. The van der Waals surface area contributed by atoms with Crippen molar-refractivity contribution < 1.29 is 9.13 Å². The van der Waals surface area contributed by atoms with E-state index < -0.39 is 0 Å². The van der Waals surface area contributed by atoms with E-state index in [4.69, 9.17) is 4.74 Å². The predicted octanol–water partition coefficient (Wildman–Crippen LogP) is 3.51. The van der Waals surface area contributed by atoms with E-state index in [1.54, 1.807) is 13.2 Å². The molecular weight excluding hydrogens is 267 g/mol. The molecule has 0 saturated carbocycles. The van der Waals surface area contributed by atoms with Gasteiger partial charge in [-0.2, -0.15) is 0 Å². The average molecular weight is 288 g/mol. The van der Waals surface area contributed by atoms with Gasteiger partial charge in [0.2, 0.25) is 0 Å². The van der Waals surface area contributed by atoms with Crippen LogP contribution in [0.4, 0.5) is 4.39 Å². The van der Waals surface area contributed by atoms with Gasteiger partial charge in [0.05, 0.1) is 19.0 Å². The highest BCUT2D eigenvalue weighted by Crippen LogP contribution is 2.15. The van der Waals surface area contributed by atoms with Crippen LogP contribution in [0.25, 0.3) is 0 Å². The molecule has 112 valence electrons. The molecule has 1 N–H and O–H groups in total. The molecule has 0 aliphatic carbocycles. The minimum absolute atomic E-state index is 0.156. The summed E-state index contributed by atoms with van der Waals surface area (Å²) in [4.78, 5) is 4.14. The number of pyridine rings is 1. The number of ether oxygens (including phenoxy) is 1. The maximum atomic E-state index is 12.9. The van der Waals surface area contributed by atoms with E-state index in [0.717, 1.165) is 30.8 Å². The highest BCUT2D eigenvalue weighted by molar-refractivity contribution is 5.27. The Kier molecular flexibility index (Phi) is 5.69. The Hall–Kier alpha value is -1.94. The first-order chi connectivity index (χ1) is 10.2. The van der Waals surface area contributed by atoms with Gasteiger partial charge < -0.3 is 10.1 Å². The summed E-state index contributed by atoms with van der Waals surface area (Å²) in [6, 6.07) is 11.4. The molecule has 1 atom stereocenters. The van der Waals surface area contributed by atoms with E-state index in [0.29, 0.717) is 0 Å². The number of hydrogen-bond acceptors (Lipinski definition) is 3. The van der Waals surface area contributed by atoms with Gasteiger partial charge >= 0.3 is 0 Å². The minimum Gasteiger partial charge on any atom is -0.497 e. The van der Waals surface area contributed by atoms with Crippen molar-refractivity contribution in [2.24, 2.45) is 0 Å². The van der Waals surface area contributed by atoms with E-state index in [-0.39, 0.29) is 11.9 Å². The van der Waals surface area contributed by atoms with Gasteiger partial charge in [-0.05, 0) is 49.2 Å². The molecule has 21 heavy (non-hydrogen) atoms. The van der Waals surface area contributed by atoms with Crippen LogP contribution in [0.5, 0.6) is 5.75 Å². The lowest BCUT2D eigenvalue weighted by Crippen LogP contribution is -2.24. The van der Waals surface area contributed by atoms with Crippen molar-refractivity contribution in [3.8, 4) is 5.75 Å². The number of nitrogens with one attached hydrogen (secondary N) is 1. The summed E-state index contributed by atoms with van der Waals surface area (Å²) in [5.41, 5.74) is 2.14. The van der Waals surface area contributed by atoms with Crippen LogP contribution in [-0.4, -0.2) is 18.6 Å². The van der Waals surface area contributed by atoms with Gasteiger partial charge in [0.25, 0.3) is 0 Å². The molecule has 0 saturated heterocycles. The Morgan fingerprint density at radius 3 is 2.52 bits per heavy atom. The lowest BCUT2D eigenvalue weighted by Gasteiger charge is -2.16. The lowest BCUT2D eigenvalue weighted by atomic mass is 10.1. The zero-order valence-corrected chi connectivity index (χ0v) is 12.5. The van der Waals surface area contributed by atoms with Gasteiger partial charge in [-0.15, -0.1) is 0 Å². The van der Waals surface area contributed by atoms with E-state index in [9.17, 15) is 4.39 Å². The highest BCUT2D eigenvalue weighted by Gasteiger charge is 2.09. The van der Waals surface area contributed by atoms with Crippen LogP contribution in [0.15, 0.2) is 42.6 Å². The Labute approximate surface area is 125 Å². The smallest absolute Gasteiger partial charge is 0.141 e. The Morgan fingerprint density at radius 1 is 1.19 bits per heavy atom.